The fraction of sp³-hybridized carbons (Fsp3) is 0.176. The summed E-state index contributed by atoms with van der Waals surface area (Å²) in [6.07, 6.45) is 0.238. The molecule has 0 fully saturated rings. The minimum absolute atomic E-state index is 0.128. The summed E-state index contributed by atoms with van der Waals surface area (Å²) in [6, 6.07) is 13.4. The first-order valence-electron chi connectivity index (χ1n) is 7.33. The third-order valence-corrected chi connectivity index (χ3v) is 3.35. The fourth-order valence-corrected chi connectivity index (χ4v) is 2.11. The number of nitrogens with two attached hydrogens (primary N) is 1. The van der Waals surface area contributed by atoms with Crippen molar-refractivity contribution in [3.05, 3.63) is 59.1 Å². The van der Waals surface area contributed by atoms with Crippen LogP contribution in [0.5, 0.6) is 5.75 Å². The molecule has 0 spiro atoms. The van der Waals surface area contributed by atoms with E-state index in [-0.39, 0.29) is 18.9 Å². The molecule has 24 heavy (non-hydrogen) atoms. The molecular weight excluding hydrogens is 330 g/mol. The van der Waals surface area contributed by atoms with Gasteiger partial charge in [-0.05, 0) is 42.0 Å². The summed E-state index contributed by atoms with van der Waals surface area (Å²) >= 11 is 5.78. The number of ether oxygens (including phenoxy) is 1. The van der Waals surface area contributed by atoms with E-state index in [0.29, 0.717) is 23.0 Å². The van der Waals surface area contributed by atoms with Crippen LogP contribution in [0.3, 0.4) is 0 Å². The van der Waals surface area contributed by atoms with Gasteiger partial charge in [0, 0.05) is 17.3 Å². The Hall–Kier alpha value is -2.73. The largest absolute Gasteiger partial charge is 0.493 e. The van der Waals surface area contributed by atoms with Crippen LogP contribution in [0.4, 0.5) is 10.5 Å². The van der Waals surface area contributed by atoms with Crippen LogP contribution in [0.2, 0.25) is 5.02 Å². The van der Waals surface area contributed by atoms with E-state index in [1.165, 1.54) is 0 Å². The fourth-order valence-electron chi connectivity index (χ4n) is 1.98. The van der Waals surface area contributed by atoms with Crippen LogP contribution in [0, 0.1) is 0 Å². The second kappa shape index (κ2) is 8.79. The molecule has 3 amide bonds. The molecule has 0 saturated heterocycles. The maximum atomic E-state index is 11.8. The number of rotatable bonds is 7. The zero-order valence-corrected chi connectivity index (χ0v) is 13.7. The van der Waals surface area contributed by atoms with E-state index in [4.69, 9.17) is 22.1 Å². The minimum Gasteiger partial charge on any atom is -0.493 e. The molecule has 6 nitrogen and oxygen atoms in total. The molecule has 7 heteroatoms. The summed E-state index contributed by atoms with van der Waals surface area (Å²) in [5.41, 5.74) is 6.51. The Balaban J connectivity index is 1.73. The van der Waals surface area contributed by atoms with E-state index >= 15 is 0 Å². The number of hydrogen-bond donors (Lipinski definition) is 3. The lowest BCUT2D eigenvalue weighted by Gasteiger charge is -2.09. The highest BCUT2D eigenvalue weighted by Gasteiger charge is 2.04. The summed E-state index contributed by atoms with van der Waals surface area (Å²) in [7, 11) is 0. The average molecular weight is 348 g/mol. The summed E-state index contributed by atoms with van der Waals surface area (Å²) in [5.74, 6) is 0.537. The maximum Gasteiger partial charge on any atom is 0.316 e. The third-order valence-electron chi connectivity index (χ3n) is 3.10. The van der Waals surface area contributed by atoms with Crippen LogP contribution < -0.4 is 21.1 Å². The SMILES string of the molecule is NC(=O)Nc1cccc(CNC(=O)CCOc2ccc(Cl)cc2)c1. The van der Waals surface area contributed by atoms with Crippen molar-refractivity contribution in [1.29, 1.82) is 0 Å². The van der Waals surface area contributed by atoms with Crippen LogP contribution in [0.25, 0.3) is 0 Å². The van der Waals surface area contributed by atoms with E-state index in [0.717, 1.165) is 5.56 Å². The first-order chi connectivity index (χ1) is 11.5. The summed E-state index contributed by atoms with van der Waals surface area (Å²) in [4.78, 5) is 22.6. The Bertz CT molecular complexity index is 704. The maximum absolute atomic E-state index is 11.8. The lowest BCUT2D eigenvalue weighted by molar-refractivity contribution is -0.121. The van der Waals surface area contributed by atoms with Gasteiger partial charge in [0.1, 0.15) is 5.75 Å². The molecule has 0 aliphatic heterocycles. The number of halogens is 1. The predicted molar refractivity (Wildman–Crippen MR) is 93.1 cm³/mol. The zero-order valence-electron chi connectivity index (χ0n) is 12.9. The second-order valence-electron chi connectivity index (χ2n) is 5.02. The van der Waals surface area contributed by atoms with E-state index in [1.807, 2.05) is 6.07 Å². The van der Waals surface area contributed by atoms with Crippen molar-refractivity contribution in [2.45, 2.75) is 13.0 Å². The Morgan fingerprint density at radius 2 is 1.88 bits per heavy atom. The van der Waals surface area contributed by atoms with Crippen LogP contribution in [0.1, 0.15) is 12.0 Å². The van der Waals surface area contributed by atoms with Gasteiger partial charge in [-0.3, -0.25) is 4.79 Å². The molecule has 0 heterocycles. The standard InChI is InChI=1S/C17H18ClN3O3/c18-13-4-6-15(7-5-13)24-9-8-16(22)20-11-12-2-1-3-14(10-12)21-17(19)23/h1-7,10H,8-9,11H2,(H,20,22)(H3,19,21,23). The van der Waals surface area contributed by atoms with Gasteiger partial charge in [0.05, 0.1) is 13.0 Å². The van der Waals surface area contributed by atoms with Crippen molar-refractivity contribution >= 4 is 29.2 Å². The molecule has 4 N–H and O–H groups in total. The number of anilines is 1. The third kappa shape index (κ3) is 6.18. The summed E-state index contributed by atoms with van der Waals surface area (Å²) in [6.45, 7) is 0.630. The number of amides is 3. The predicted octanol–water partition coefficient (Wildman–Crippen LogP) is 2.92. The normalized spacial score (nSPS) is 10.0. The Kier molecular flexibility index (Phi) is 6.45. The van der Waals surface area contributed by atoms with Gasteiger partial charge in [-0.1, -0.05) is 23.7 Å². The van der Waals surface area contributed by atoms with Crippen LogP contribution >= 0.6 is 11.6 Å². The van der Waals surface area contributed by atoms with Gasteiger partial charge in [0.15, 0.2) is 0 Å². The number of urea groups is 1. The lowest BCUT2D eigenvalue weighted by Crippen LogP contribution is -2.24. The highest BCUT2D eigenvalue weighted by molar-refractivity contribution is 6.30. The van der Waals surface area contributed by atoms with Gasteiger partial charge in [0.25, 0.3) is 0 Å². The zero-order chi connectivity index (χ0) is 17.4. The molecule has 2 aromatic rings. The number of carbonyl (C=O) groups is 2. The van der Waals surface area contributed by atoms with Crippen LogP contribution in [0.15, 0.2) is 48.5 Å². The molecule has 0 aliphatic rings. The smallest absolute Gasteiger partial charge is 0.316 e. The van der Waals surface area contributed by atoms with Gasteiger partial charge in [-0.2, -0.15) is 0 Å². The Morgan fingerprint density at radius 3 is 2.58 bits per heavy atom. The van der Waals surface area contributed by atoms with Gasteiger partial charge in [0.2, 0.25) is 5.91 Å². The van der Waals surface area contributed by atoms with Crippen molar-refractivity contribution < 1.29 is 14.3 Å². The highest BCUT2D eigenvalue weighted by Crippen LogP contribution is 2.15. The molecule has 0 bridgehead atoms. The molecule has 126 valence electrons. The second-order valence-corrected chi connectivity index (χ2v) is 5.46. The van der Waals surface area contributed by atoms with Crippen molar-refractivity contribution in [2.75, 3.05) is 11.9 Å². The van der Waals surface area contributed by atoms with Crippen LogP contribution in [-0.4, -0.2) is 18.5 Å². The molecule has 0 unspecified atom stereocenters. The average Bonchev–Trinajstić information content (AvgIpc) is 2.54. The van der Waals surface area contributed by atoms with E-state index in [1.54, 1.807) is 42.5 Å². The molecule has 2 rings (SSSR count). The van der Waals surface area contributed by atoms with Gasteiger partial charge in [-0.25, -0.2) is 4.79 Å². The molecule has 0 radical (unpaired) electrons. The molecule has 0 saturated carbocycles. The summed E-state index contributed by atoms with van der Waals surface area (Å²) in [5, 5.41) is 5.91. The van der Waals surface area contributed by atoms with Crippen molar-refractivity contribution in [2.24, 2.45) is 5.73 Å². The molecule has 2 aromatic carbocycles. The molecule has 0 atom stereocenters. The van der Waals surface area contributed by atoms with Crippen molar-refractivity contribution in [3.63, 3.8) is 0 Å². The van der Waals surface area contributed by atoms with E-state index in [2.05, 4.69) is 10.6 Å². The Labute approximate surface area is 144 Å². The molecular formula is C17H18ClN3O3. The quantitative estimate of drug-likeness (QED) is 0.718. The van der Waals surface area contributed by atoms with Crippen molar-refractivity contribution in [1.82, 2.24) is 5.32 Å². The topological polar surface area (TPSA) is 93.5 Å². The Morgan fingerprint density at radius 1 is 1.12 bits per heavy atom. The lowest BCUT2D eigenvalue weighted by atomic mass is 10.2. The number of nitrogens with one attached hydrogen (secondary N) is 2. The van der Waals surface area contributed by atoms with Gasteiger partial charge in [-0.15, -0.1) is 0 Å². The molecule has 0 aromatic heterocycles. The monoisotopic (exact) mass is 347 g/mol. The van der Waals surface area contributed by atoms with Crippen LogP contribution in [-0.2, 0) is 11.3 Å². The van der Waals surface area contributed by atoms with Gasteiger partial charge < -0.3 is 21.1 Å². The first kappa shape index (κ1) is 17.6. The number of hydrogen-bond acceptors (Lipinski definition) is 3. The van der Waals surface area contributed by atoms with E-state index < -0.39 is 6.03 Å². The van der Waals surface area contributed by atoms with Crippen molar-refractivity contribution in [3.8, 4) is 5.75 Å². The number of primary amides is 1. The molecule has 0 aliphatic carbocycles. The number of benzene rings is 2. The summed E-state index contributed by atoms with van der Waals surface area (Å²) < 4.78 is 5.47. The van der Waals surface area contributed by atoms with E-state index in [9.17, 15) is 9.59 Å². The highest BCUT2D eigenvalue weighted by atomic mass is 35.5. The number of carbonyl (C=O) groups excluding carboxylic acids is 2. The minimum atomic E-state index is -0.629. The van der Waals surface area contributed by atoms with Gasteiger partial charge >= 0.3 is 6.03 Å². The first-order valence-corrected chi connectivity index (χ1v) is 7.71.